The van der Waals surface area contributed by atoms with Crippen LogP contribution in [0.5, 0.6) is 0 Å². The molecule has 0 spiro atoms. The quantitative estimate of drug-likeness (QED) is 0.829. The summed E-state index contributed by atoms with van der Waals surface area (Å²) in [5.41, 5.74) is 0.711. The van der Waals surface area contributed by atoms with Crippen molar-refractivity contribution >= 4 is 21.6 Å². The van der Waals surface area contributed by atoms with Crippen LogP contribution in [0, 0.1) is 10.8 Å². The highest BCUT2D eigenvalue weighted by Gasteiger charge is 2.43. The number of sulfone groups is 1. The van der Waals surface area contributed by atoms with Crippen molar-refractivity contribution in [2.45, 2.75) is 51.5 Å². The van der Waals surface area contributed by atoms with Crippen molar-refractivity contribution in [1.29, 1.82) is 0 Å². The van der Waals surface area contributed by atoms with Crippen molar-refractivity contribution in [3.05, 3.63) is 24.3 Å². The summed E-state index contributed by atoms with van der Waals surface area (Å²) in [5, 5.41) is 12.9. The van der Waals surface area contributed by atoms with Gasteiger partial charge in [-0.1, -0.05) is 27.7 Å². The first kappa shape index (κ1) is 20.6. The summed E-state index contributed by atoms with van der Waals surface area (Å²) in [6, 6.07) is 6.71. The highest BCUT2D eigenvalue weighted by atomic mass is 32.2. The van der Waals surface area contributed by atoms with E-state index < -0.39 is 15.9 Å². The van der Waals surface area contributed by atoms with Crippen LogP contribution in [-0.2, 0) is 9.84 Å². The van der Waals surface area contributed by atoms with Gasteiger partial charge < -0.3 is 15.3 Å². The van der Waals surface area contributed by atoms with E-state index in [1.807, 2.05) is 0 Å². The van der Waals surface area contributed by atoms with Crippen LogP contribution >= 0.6 is 0 Å². The largest absolute Gasteiger partial charge is 0.465 e. The van der Waals surface area contributed by atoms with E-state index >= 15 is 0 Å². The molecule has 146 valence electrons. The molecule has 0 bridgehead atoms. The summed E-state index contributed by atoms with van der Waals surface area (Å²) in [4.78, 5) is 13.5. The normalized spacial score (nSPS) is 24.3. The molecular weight excluding hydrogens is 352 g/mol. The fourth-order valence-electron chi connectivity index (χ4n) is 3.52. The zero-order valence-electron chi connectivity index (χ0n) is 16.2. The minimum atomic E-state index is -3.19. The smallest absolute Gasteiger partial charge is 0.407 e. The number of benzene rings is 1. The standard InChI is InChI=1S/C19H30N2O4S/c1-18(2,3)16-12-19(4,10-11-21(16)17(22)23)13-20-14-6-8-15(9-7-14)26(5,24)25/h6-9,16,20H,10-13H2,1-5H3,(H,22,23). The van der Waals surface area contributed by atoms with Crippen LogP contribution in [0.3, 0.4) is 0 Å². The average molecular weight is 383 g/mol. The number of hydrogen-bond acceptors (Lipinski definition) is 4. The molecule has 1 aliphatic heterocycles. The molecule has 26 heavy (non-hydrogen) atoms. The van der Waals surface area contributed by atoms with E-state index in [1.54, 1.807) is 29.2 Å². The Bertz CT molecular complexity index is 753. The van der Waals surface area contributed by atoms with E-state index in [0.717, 1.165) is 18.5 Å². The number of nitrogens with one attached hydrogen (secondary N) is 1. The van der Waals surface area contributed by atoms with Gasteiger partial charge in [0, 0.05) is 31.1 Å². The third kappa shape index (κ3) is 4.90. The second-order valence-electron chi connectivity index (χ2n) is 8.77. The maximum absolute atomic E-state index is 11.6. The number of piperidine rings is 1. The molecule has 0 saturated carbocycles. The number of rotatable bonds is 4. The molecule has 1 amide bonds. The van der Waals surface area contributed by atoms with Gasteiger partial charge in [-0.2, -0.15) is 0 Å². The third-order valence-corrected chi connectivity index (χ3v) is 6.39. The van der Waals surface area contributed by atoms with Gasteiger partial charge in [0.05, 0.1) is 4.90 Å². The number of nitrogens with zero attached hydrogens (tertiary/aromatic N) is 1. The molecule has 6 nitrogen and oxygen atoms in total. The molecule has 2 N–H and O–H groups in total. The summed E-state index contributed by atoms with van der Waals surface area (Å²) in [5.74, 6) is 0. The van der Waals surface area contributed by atoms with Gasteiger partial charge in [-0.25, -0.2) is 13.2 Å². The minimum Gasteiger partial charge on any atom is -0.465 e. The molecule has 0 aliphatic carbocycles. The highest BCUT2D eigenvalue weighted by Crippen LogP contribution is 2.41. The summed E-state index contributed by atoms with van der Waals surface area (Å²) in [7, 11) is -3.19. The first-order valence-corrected chi connectivity index (χ1v) is 10.7. The van der Waals surface area contributed by atoms with Crippen LogP contribution < -0.4 is 5.32 Å². The Kier molecular flexibility index (Phi) is 5.61. The number of carbonyl (C=O) groups is 1. The van der Waals surface area contributed by atoms with Crippen molar-refractivity contribution < 1.29 is 18.3 Å². The van der Waals surface area contributed by atoms with Crippen LogP contribution in [-0.4, -0.2) is 49.9 Å². The highest BCUT2D eigenvalue weighted by molar-refractivity contribution is 7.90. The molecule has 1 aromatic rings. The van der Waals surface area contributed by atoms with Crippen molar-refractivity contribution in [2.75, 3.05) is 24.7 Å². The Morgan fingerprint density at radius 1 is 1.31 bits per heavy atom. The summed E-state index contributed by atoms with van der Waals surface area (Å²) in [6.07, 6.45) is 1.92. The summed E-state index contributed by atoms with van der Waals surface area (Å²) in [6.45, 7) is 9.67. The monoisotopic (exact) mass is 382 g/mol. The van der Waals surface area contributed by atoms with Gasteiger partial charge in [-0.15, -0.1) is 0 Å². The minimum absolute atomic E-state index is 0.0284. The van der Waals surface area contributed by atoms with E-state index in [9.17, 15) is 18.3 Å². The van der Waals surface area contributed by atoms with E-state index in [0.29, 0.717) is 18.0 Å². The third-order valence-electron chi connectivity index (χ3n) is 5.27. The van der Waals surface area contributed by atoms with Crippen LogP contribution in [0.4, 0.5) is 10.5 Å². The lowest BCUT2D eigenvalue weighted by atomic mass is 9.70. The van der Waals surface area contributed by atoms with E-state index in [1.165, 1.54) is 6.26 Å². The summed E-state index contributed by atoms with van der Waals surface area (Å²) < 4.78 is 23.1. The van der Waals surface area contributed by atoms with Gasteiger partial charge in [-0.3, -0.25) is 0 Å². The average Bonchev–Trinajstić information content (AvgIpc) is 2.51. The van der Waals surface area contributed by atoms with Crippen molar-refractivity contribution in [3.8, 4) is 0 Å². The molecule has 0 aromatic heterocycles. The molecule has 1 fully saturated rings. The second kappa shape index (κ2) is 7.10. The predicted octanol–water partition coefficient (Wildman–Crippen LogP) is 3.70. The molecule has 1 saturated heterocycles. The second-order valence-corrected chi connectivity index (χ2v) is 10.8. The molecule has 2 rings (SSSR count). The SMILES string of the molecule is CC1(CNc2ccc(S(C)(=O)=O)cc2)CCN(C(=O)O)C(C(C)(C)C)C1. The molecule has 2 unspecified atom stereocenters. The Labute approximate surface area is 156 Å². The van der Waals surface area contributed by atoms with Crippen molar-refractivity contribution in [2.24, 2.45) is 10.8 Å². The molecule has 1 aromatic carbocycles. The summed E-state index contributed by atoms with van der Waals surface area (Å²) >= 11 is 0. The lowest BCUT2D eigenvalue weighted by Crippen LogP contribution is -2.55. The van der Waals surface area contributed by atoms with Crippen molar-refractivity contribution in [3.63, 3.8) is 0 Å². The first-order chi connectivity index (χ1) is 11.8. The van der Waals surface area contributed by atoms with Gasteiger partial charge in [0.1, 0.15) is 0 Å². The number of anilines is 1. The van der Waals surface area contributed by atoms with E-state index in [-0.39, 0.29) is 16.9 Å². The van der Waals surface area contributed by atoms with Crippen LogP contribution in [0.25, 0.3) is 0 Å². The van der Waals surface area contributed by atoms with Gasteiger partial charge in [0.15, 0.2) is 9.84 Å². The van der Waals surface area contributed by atoms with Crippen molar-refractivity contribution in [1.82, 2.24) is 4.90 Å². The van der Waals surface area contributed by atoms with Crippen LogP contribution in [0.1, 0.15) is 40.5 Å². The van der Waals surface area contributed by atoms with E-state index in [2.05, 4.69) is 33.0 Å². The zero-order chi connectivity index (χ0) is 19.8. The zero-order valence-corrected chi connectivity index (χ0v) is 17.1. The first-order valence-electron chi connectivity index (χ1n) is 8.85. The molecule has 7 heteroatoms. The van der Waals surface area contributed by atoms with Gasteiger partial charge in [0.25, 0.3) is 0 Å². The Morgan fingerprint density at radius 3 is 2.35 bits per heavy atom. The number of amides is 1. The molecule has 2 atom stereocenters. The van der Waals surface area contributed by atoms with Crippen LogP contribution in [0.15, 0.2) is 29.2 Å². The molecule has 0 radical (unpaired) electrons. The Balaban J connectivity index is 2.08. The number of carboxylic acid groups (broad SMARTS) is 1. The topological polar surface area (TPSA) is 86.7 Å². The Hall–Kier alpha value is -1.76. The van der Waals surface area contributed by atoms with Gasteiger partial charge in [-0.05, 0) is 47.9 Å². The Morgan fingerprint density at radius 2 is 1.88 bits per heavy atom. The van der Waals surface area contributed by atoms with Gasteiger partial charge in [0.2, 0.25) is 0 Å². The number of likely N-dealkylation sites (tertiary alicyclic amines) is 1. The molecule has 1 heterocycles. The van der Waals surface area contributed by atoms with E-state index in [4.69, 9.17) is 0 Å². The maximum Gasteiger partial charge on any atom is 0.407 e. The number of hydrogen-bond donors (Lipinski definition) is 2. The van der Waals surface area contributed by atoms with Crippen LogP contribution in [0.2, 0.25) is 0 Å². The maximum atomic E-state index is 11.6. The fourth-order valence-corrected chi connectivity index (χ4v) is 4.15. The lowest BCUT2D eigenvalue weighted by molar-refractivity contribution is 0.0149. The predicted molar refractivity (Wildman–Crippen MR) is 103 cm³/mol. The molecular formula is C19H30N2O4S. The molecule has 1 aliphatic rings. The lowest BCUT2D eigenvalue weighted by Gasteiger charge is -2.49. The van der Waals surface area contributed by atoms with Gasteiger partial charge >= 0.3 is 6.09 Å². The fraction of sp³-hybridized carbons (Fsp3) is 0.632.